The smallest absolute Gasteiger partial charge is 0.314 e. The summed E-state index contributed by atoms with van der Waals surface area (Å²) < 4.78 is 38.3. The highest BCUT2D eigenvalue weighted by molar-refractivity contribution is 14.1. The maximum atomic E-state index is 11.3. The third-order valence-corrected chi connectivity index (χ3v) is 1.36. The number of rotatable bonds is 5. The molecule has 0 aliphatic carbocycles. The van der Waals surface area contributed by atoms with Gasteiger partial charge in [0.25, 0.3) is 0 Å². The summed E-state index contributed by atoms with van der Waals surface area (Å²) in [5, 5.41) is 2.78. The van der Waals surface area contributed by atoms with Gasteiger partial charge in [0.1, 0.15) is 0 Å². The van der Waals surface area contributed by atoms with Crippen molar-refractivity contribution in [1.29, 1.82) is 0 Å². The maximum absolute atomic E-state index is 11.3. The number of hydrogen-bond donors (Lipinski definition) is 1. The standard InChI is InChI=1S/C5H9F3INO/c6-5(7,8)11-4-3-10-2-1-9/h10H,1-4H2. The lowest BCUT2D eigenvalue weighted by Gasteiger charge is -2.06. The molecule has 0 saturated carbocycles. The van der Waals surface area contributed by atoms with Crippen LogP contribution in [-0.4, -0.2) is 30.5 Å². The Balaban J connectivity index is 3.02. The Hall–Kier alpha value is 0.440. The van der Waals surface area contributed by atoms with Crippen LogP contribution in [0.1, 0.15) is 0 Å². The van der Waals surface area contributed by atoms with E-state index in [-0.39, 0.29) is 13.2 Å². The van der Waals surface area contributed by atoms with Crippen LogP contribution < -0.4 is 5.32 Å². The lowest BCUT2D eigenvalue weighted by Crippen LogP contribution is -2.25. The molecule has 0 aliphatic rings. The monoisotopic (exact) mass is 283 g/mol. The molecule has 0 aromatic heterocycles. The van der Waals surface area contributed by atoms with Crippen LogP contribution in [0.15, 0.2) is 0 Å². The fourth-order valence-corrected chi connectivity index (χ4v) is 0.812. The molecular formula is C5H9F3INO. The van der Waals surface area contributed by atoms with Crippen molar-refractivity contribution in [3.8, 4) is 0 Å². The predicted molar refractivity (Wildman–Crippen MR) is 43.8 cm³/mol. The van der Waals surface area contributed by atoms with E-state index < -0.39 is 6.36 Å². The van der Waals surface area contributed by atoms with Crippen LogP contribution in [-0.2, 0) is 4.74 Å². The second kappa shape index (κ2) is 6.01. The summed E-state index contributed by atoms with van der Waals surface area (Å²) in [4.78, 5) is 0. The molecule has 0 heterocycles. The van der Waals surface area contributed by atoms with Crippen LogP contribution in [0.5, 0.6) is 0 Å². The Bertz CT molecular complexity index is 98.2. The van der Waals surface area contributed by atoms with Crippen molar-refractivity contribution >= 4 is 22.6 Å². The van der Waals surface area contributed by atoms with Gasteiger partial charge >= 0.3 is 6.36 Å². The van der Waals surface area contributed by atoms with E-state index in [9.17, 15) is 13.2 Å². The summed E-state index contributed by atoms with van der Waals surface area (Å²) in [6.45, 7) is 0.629. The zero-order chi connectivity index (χ0) is 8.74. The van der Waals surface area contributed by atoms with Crippen LogP contribution >= 0.6 is 22.6 Å². The molecule has 2 nitrogen and oxygen atoms in total. The van der Waals surface area contributed by atoms with Gasteiger partial charge in [-0.3, -0.25) is 4.74 Å². The minimum absolute atomic E-state index is 0.239. The molecule has 0 aromatic rings. The molecular weight excluding hydrogens is 274 g/mol. The van der Waals surface area contributed by atoms with Gasteiger partial charge in [-0.15, -0.1) is 13.2 Å². The van der Waals surface area contributed by atoms with E-state index in [0.29, 0.717) is 6.54 Å². The predicted octanol–water partition coefficient (Wildman–Crippen LogP) is 1.55. The Morgan fingerprint density at radius 3 is 2.36 bits per heavy atom. The molecule has 0 amide bonds. The maximum Gasteiger partial charge on any atom is 0.522 e. The molecule has 0 aliphatic heterocycles. The highest BCUT2D eigenvalue weighted by Gasteiger charge is 2.28. The van der Waals surface area contributed by atoms with Crippen LogP contribution in [0.3, 0.4) is 0 Å². The molecule has 0 unspecified atom stereocenters. The van der Waals surface area contributed by atoms with Gasteiger partial charge in [0.05, 0.1) is 6.61 Å². The topological polar surface area (TPSA) is 21.3 Å². The number of alkyl halides is 4. The largest absolute Gasteiger partial charge is 0.522 e. The first-order chi connectivity index (χ1) is 5.06. The van der Waals surface area contributed by atoms with Crippen LogP contribution in [0.25, 0.3) is 0 Å². The zero-order valence-electron chi connectivity index (χ0n) is 5.75. The van der Waals surface area contributed by atoms with Crippen LogP contribution in [0.2, 0.25) is 0 Å². The molecule has 0 fully saturated rings. The molecule has 0 aromatic carbocycles. The van der Waals surface area contributed by atoms with E-state index in [1.165, 1.54) is 0 Å². The molecule has 0 saturated heterocycles. The summed E-state index contributed by atoms with van der Waals surface area (Å²) >= 11 is 2.13. The normalized spacial score (nSPS) is 12.0. The SMILES string of the molecule is FC(F)(F)OCCNCCI. The number of halogens is 4. The minimum Gasteiger partial charge on any atom is -0.314 e. The molecule has 11 heavy (non-hydrogen) atoms. The molecule has 6 heteroatoms. The fraction of sp³-hybridized carbons (Fsp3) is 1.00. The Morgan fingerprint density at radius 1 is 1.27 bits per heavy atom. The summed E-state index contributed by atoms with van der Waals surface area (Å²) in [6, 6.07) is 0. The molecule has 0 rings (SSSR count). The average molecular weight is 283 g/mol. The van der Waals surface area contributed by atoms with Gasteiger partial charge in [0.15, 0.2) is 0 Å². The second-order valence-corrected chi connectivity index (χ2v) is 2.81. The third-order valence-electron chi connectivity index (χ3n) is 0.816. The highest BCUT2D eigenvalue weighted by Crippen LogP contribution is 2.14. The number of nitrogens with one attached hydrogen (secondary N) is 1. The summed E-state index contributed by atoms with van der Waals surface area (Å²) in [5.41, 5.74) is 0. The van der Waals surface area contributed by atoms with Crippen molar-refractivity contribution in [2.75, 3.05) is 24.1 Å². The van der Waals surface area contributed by atoms with E-state index in [2.05, 4.69) is 32.6 Å². The van der Waals surface area contributed by atoms with Crippen molar-refractivity contribution < 1.29 is 17.9 Å². The molecule has 0 radical (unpaired) electrons. The summed E-state index contributed by atoms with van der Waals surface area (Å²) in [7, 11) is 0. The third kappa shape index (κ3) is 10.4. The van der Waals surface area contributed by atoms with Crippen LogP contribution in [0, 0.1) is 0 Å². The van der Waals surface area contributed by atoms with Crippen molar-refractivity contribution in [1.82, 2.24) is 5.32 Å². The molecule has 0 spiro atoms. The highest BCUT2D eigenvalue weighted by atomic mass is 127. The van der Waals surface area contributed by atoms with Gasteiger partial charge in [-0.05, 0) is 0 Å². The lowest BCUT2D eigenvalue weighted by atomic mass is 10.6. The van der Waals surface area contributed by atoms with Gasteiger partial charge in [0.2, 0.25) is 0 Å². The first-order valence-corrected chi connectivity index (χ1v) is 4.56. The van der Waals surface area contributed by atoms with E-state index in [1.807, 2.05) is 0 Å². The summed E-state index contributed by atoms with van der Waals surface area (Å²) in [6.07, 6.45) is -4.49. The van der Waals surface area contributed by atoms with Crippen molar-refractivity contribution in [2.24, 2.45) is 0 Å². The zero-order valence-corrected chi connectivity index (χ0v) is 7.91. The Morgan fingerprint density at radius 2 is 1.91 bits per heavy atom. The quantitative estimate of drug-likeness (QED) is 0.469. The van der Waals surface area contributed by atoms with E-state index in [1.54, 1.807) is 0 Å². The number of hydrogen-bond acceptors (Lipinski definition) is 2. The Labute approximate surface area is 76.6 Å². The van der Waals surface area contributed by atoms with E-state index >= 15 is 0 Å². The van der Waals surface area contributed by atoms with Crippen molar-refractivity contribution in [3.05, 3.63) is 0 Å². The first kappa shape index (κ1) is 11.4. The van der Waals surface area contributed by atoms with E-state index in [0.717, 1.165) is 4.43 Å². The molecule has 0 bridgehead atoms. The second-order valence-electron chi connectivity index (χ2n) is 1.73. The minimum atomic E-state index is -4.49. The fourth-order valence-electron chi connectivity index (χ4n) is 0.431. The summed E-state index contributed by atoms with van der Waals surface area (Å²) in [5.74, 6) is 0. The van der Waals surface area contributed by atoms with Crippen molar-refractivity contribution in [2.45, 2.75) is 6.36 Å². The van der Waals surface area contributed by atoms with Crippen LogP contribution in [0.4, 0.5) is 13.2 Å². The lowest BCUT2D eigenvalue weighted by molar-refractivity contribution is -0.323. The van der Waals surface area contributed by atoms with Gasteiger partial charge < -0.3 is 5.32 Å². The average Bonchev–Trinajstić information content (AvgIpc) is 1.85. The first-order valence-electron chi connectivity index (χ1n) is 3.03. The molecule has 68 valence electrons. The van der Waals surface area contributed by atoms with E-state index in [4.69, 9.17) is 0 Å². The molecule has 1 N–H and O–H groups in total. The van der Waals surface area contributed by atoms with Crippen molar-refractivity contribution in [3.63, 3.8) is 0 Å². The Kier molecular flexibility index (Phi) is 6.25. The van der Waals surface area contributed by atoms with Gasteiger partial charge in [0, 0.05) is 17.5 Å². The number of ether oxygens (including phenoxy) is 1. The van der Waals surface area contributed by atoms with Gasteiger partial charge in [-0.2, -0.15) is 0 Å². The molecule has 0 atom stereocenters. The van der Waals surface area contributed by atoms with Gasteiger partial charge in [-0.1, -0.05) is 22.6 Å². The van der Waals surface area contributed by atoms with Gasteiger partial charge in [-0.25, -0.2) is 0 Å².